The number of carbonyl (C=O) groups is 1. The number of methoxy groups -OCH3 is 2. The van der Waals surface area contributed by atoms with Crippen molar-refractivity contribution in [3.63, 3.8) is 0 Å². The molecule has 0 heterocycles. The molecular formula is C14H19NO6S. The third-order valence-electron chi connectivity index (χ3n) is 2.90. The number of nitrogens with zero attached hydrogens (tertiary/aromatic N) is 1. The lowest BCUT2D eigenvalue weighted by Gasteiger charge is -2.20. The van der Waals surface area contributed by atoms with Crippen LogP contribution in [0.1, 0.15) is 17.3 Å². The van der Waals surface area contributed by atoms with Crippen molar-refractivity contribution < 1.29 is 27.8 Å². The second-order valence-corrected chi connectivity index (χ2v) is 6.71. The number of hydrogen-bond donors (Lipinski definition) is 1. The van der Waals surface area contributed by atoms with E-state index in [0.29, 0.717) is 5.57 Å². The molecule has 0 aliphatic rings. The van der Waals surface area contributed by atoms with Gasteiger partial charge < -0.3 is 14.6 Å². The van der Waals surface area contributed by atoms with Crippen LogP contribution in [0.5, 0.6) is 11.5 Å². The number of hydrogen-bond acceptors (Lipinski definition) is 5. The Bertz CT molecular complexity index is 696. The van der Waals surface area contributed by atoms with Crippen LogP contribution in [0.3, 0.4) is 0 Å². The number of benzene rings is 1. The number of sulfonamides is 1. The van der Waals surface area contributed by atoms with Gasteiger partial charge in [-0.25, -0.2) is 13.2 Å². The van der Waals surface area contributed by atoms with E-state index in [1.165, 1.54) is 33.4 Å². The number of rotatable bonds is 7. The smallest absolute Gasteiger partial charge is 0.343 e. The first-order valence-electron chi connectivity index (χ1n) is 6.25. The number of aromatic carboxylic acids is 1. The summed E-state index contributed by atoms with van der Waals surface area (Å²) in [6, 6.07) is 2.54. The van der Waals surface area contributed by atoms with Crippen LogP contribution in [-0.4, -0.2) is 51.6 Å². The summed E-state index contributed by atoms with van der Waals surface area (Å²) < 4.78 is 36.3. The molecule has 0 unspecified atom stereocenters. The van der Waals surface area contributed by atoms with E-state index in [1.807, 2.05) is 0 Å². The molecule has 22 heavy (non-hydrogen) atoms. The molecule has 0 aliphatic heterocycles. The molecule has 1 aromatic rings. The summed E-state index contributed by atoms with van der Waals surface area (Å²) in [6.45, 7) is 5.47. The number of ether oxygens (including phenoxy) is 2. The largest absolute Gasteiger partial charge is 0.496 e. The van der Waals surface area contributed by atoms with Crippen molar-refractivity contribution in [2.75, 3.05) is 27.8 Å². The number of carboxylic acid groups (broad SMARTS) is 1. The maximum absolute atomic E-state index is 12.6. The first-order chi connectivity index (χ1) is 10.2. The molecule has 0 bridgehead atoms. The third-order valence-corrected chi connectivity index (χ3v) is 4.73. The van der Waals surface area contributed by atoms with E-state index >= 15 is 0 Å². The highest BCUT2D eigenvalue weighted by molar-refractivity contribution is 7.89. The van der Waals surface area contributed by atoms with E-state index in [0.717, 1.165) is 4.31 Å². The van der Waals surface area contributed by atoms with Crippen LogP contribution < -0.4 is 9.47 Å². The van der Waals surface area contributed by atoms with Crippen LogP contribution in [0, 0.1) is 0 Å². The molecule has 0 saturated carbocycles. The van der Waals surface area contributed by atoms with E-state index in [-0.39, 0.29) is 28.5 Å². The summed E-state index contributed by atoms with van der Waals surface area (Å²) in [5.41, 5.74) is 0.312. The molecule has 0 atom stereocenters. The highest BCUT2D eigenvalue weighted by Crippen LogP contribution is 2.36. The molecule has 0 spiro atoms. The molecular weight excluding hydrogens is 310 g/mol. The molecule has 0 aliphatic carbocycles. The maximum Gasteiger partial charge on any atom is 0.343 e. The maximum atomic E-state index is 12.6. The standard InChI is InChI=1S/C14H19NO6S/c1-9(2)8-15(3)22(18,19)11-7-6-10(20-4)12(14(16)17)13(11)21-5/h6-7H,1,8H2,2-5H3,(H,16,17). The Hall–Kier alpha value is -2.06. The van der Waals surface area contributed by atoms with Crippen LogP contribution in [0.4, 0.5) is 0 Å². The van der Waals surface area contributed by atoms with Gasteiger partial charge in [-0.05, 0) is 19.1 Å². The Labute approximate surface area is 129 Å². The Kier molecular flexibility index (Phi) is 5.56. The zero-order valence-corrected chi connectivity index (χ0v) is 13.7. The minimum Gasteiger partial charge on any atom is -0.496 e. The average molecular weight is 329 g/mol. The SMILES string of the molecule is C=C(C)CN(C)S(=O)(=O)c1ccc(OC)c(C(=O)O)c1OC. The summed E-state index contributed by atoms with van der Waals surface area (Å²) in [5.74, 6) is -1.58. The highest BCUT2D eigenvalue weighted by atomic mass is 32.2. The van der Waals surface area contributed by atoms with E-state index < -0.39 is 16.0 Å². The molecule has 0 radical (unpaired) electrons. The van der Waals surface area contributed by atoms with Gasteiger partial charge in [-0.3, -0.25) is 0 Å². The van der Waals surface area contributed by atoms with Crippen LogP contribution in [0.15, 0.2) is 29.2 Å². The van der Waals surface area contributed by atoms with Crippen LogP contribution in [0.25, 0.3) is 0 Å². The minimum atomic E-state index is -3.93. The van der Waals surface area contributed by atoms with Gasteiger partial charge in [0, 0.05) is 13.6 Å². The minimum absolute atomic E-state index is 0.0193. The Morgan fingerprint density at radius 2 is 1.91 bits per heavy atom. The lowest BCUT2D eigenvalue weighted by atomic mass is 10.2. The third kappa shape index (κ3) is 3.40. The molecule has 0 fully saturated rings. The van der Waals surface area contributed by atoms with Gasteiger partial charge in [-0.1, -0.05) is 12.2 Å². The fourth-order valence-corrected chi connectivity index (χ4v) is 3.34. The van der Waals surface area contributed by atoms with Crippen molar-refractivity contribution in [3.8, 4) is 11.5 Å². The summed E-state index contributed by atoms with van der Waals surface area (Å²) in [5, 5.41) is 9.30. The van der Waals surface area contributed by atoms with Crippen LogP contribution >= 0.6 is 0 Å². The molecule has 0 aromatic heterocycles. The first-order valence-corrected chi connectivity index (χ1v) is 7.69. The van der Waals surface area contributed by atoms with Gasteiger partial charge in [0.2, 0.25) is 10.0 Å². The predicted molar refractivity (Wildman–Crippen MR) is 81.1 cm³/mol. The quantitative estimate of drug-likeness (QED) is 0.764. The molecule has 1 N–H and O–H groups in total. The van der Waals surface area contributed by atoms with E-state index in [9.17, 15) is 18.3 Å². The van der Waals surface area contributed by atoms with Crippen LogP contribution in [0.2, 0.25) is 0 Å². The van der Waals surface area contributed by atoms with Crippen molar-refractivity contribution in [1.29, 1.82) is 0 Å². The number of carboxylic acids is 1. The Morgan fingerprint density at radius 3 is 2.32 bits per heavy atom. The molecule has 1 rings (SSSR count). The zero-order chi connectivity index (χ0) is 17.1. The lowest BCUT2D eigenvalue weighted by Crippen LogP contribution is -2.29. The van der Waals surface area contributed by atoms with Gasteiger partial charge in [-0.2, -0.15) is 4.31 Å². The summed E-state index contributed by atoms with van der Waals surface area (Å²) in [4.78, 5) is 11.2. The zero-order valence-electron chi connectivity index (χ0n) is 12.9. The van der Waals surface area contributed by atoms with Gasteiger partial charge >= 0.3 is 5.97 Å². The van der Waals surface area contributed by atoms with Crippen molar-refractivity contribution in [1.82, 2.24) is 4.31 Å². The number of likely N-dealkylation sites (N-methyl/N-ethyl adjacent to an activating group) is 1. The molecule has 0 amide bonds. The van der Waals surface area contributed by atoms with E-state index in [4.69, 9.17) is 9.47 Å². The topological polar surface area (TPSA) is 93.1 Å². The summed E-state index contributed by atoms with van der Waals surface area (Å²) in [6.07, 6.45) is 0. The first kappa shape index (κ1) is 18.0. The van der Waals surface area contributed by atoms with Crippen molar-refractivity contribution >= 4 is 16.0 Å². The second kappa shape index (κ2) is 6.80. The Morgan fingerprint density at radius 1 is 1.32 bits per heavy atom. The second-order valence-electron chi connectivity index (χ2n) is 4.70. The van der Waals surface area contributed by atoms with Crippen LogP contribution in [-0.2, 0) is 10.0 Å². The fraction of sp³-hybridized carbons (Fsp3) is 0.357. The Balaban J connectivity index is 3.58. The fourth-order valence-electron chi connectivity index (χ4n) is 1.96. The van der Waals surface area contributed by atoms with Crippen molar-refractivity contribution in [3.05, 3.63) is 29.8 Å². The van der Waals surface area contributed by atoms with Gasteiger partial charge in [0.1, 0.15) is 16.2 Å². The molecule has 122 valence electrons. The summed E-state index contributed by atoms with van der Waals surface area (Å²) >= 11 is 0. The molecule has 0 saturated heterocycles. The van der Waals surface area contributed by atoms with Gasteiger partial charge in [0.05, 0.1) is 14.2 Å². The van der Waals surface area contributed by atoms with E-state index in [1.54, 1.807) is 6.92 Å². The van der Waals surface area contributed by atoms with Crippen molar-refractivity contribution in [2.45, 2.75) is 11.8 Å². The predicted octanol–water partition coefficient (Wildman–Crippen LogP) is 1.60. The average Bonchev–Trinajstić information content (AvgIpc) is 2.44. The summed E-state index contributed by atoms with van der Waals surface area (Å²) in [7, 11) is -0.0446. The van der Waals surface area contributed by atoms with Gasteiger partial charge in [0.25, 0.3) is 0 Å². The monoisotopic (exact) mass is 329 g/mol. The molecule has 1 aromatic carbocycles. The van der Waals surface area contributed by atoms with Crippen molar-refractivity contribution in [2.24, 2.45) is 0 Å². The molecule has 7 nitrogen and oxygen atoms in total. The van der Waals surface area contributed by atoms with Gasteiger partial charge in [-0.15, -0.1) is 0 Å². The normalized spacial score (nSPS) is 11.3. The van der Waals surface area contributed by atoms with E-state index in [2.05, 4.69) is 6.58 Å². The lowest BCUT2D eigenvalue weighted by molar-refractivity contribution is 0.0689. The highest BCUT2D eigenvalue weighted by Gasteiger charge is 2.30. The molecule has 8 heteroatoms. The van der Waals surface area contributed by atoms with Gasteiger partial charge in [0.15, 0.2) is 5.75 Å².